The summed E-state index contributed by atoms with van der Waals surface area (Å²) in [5, 5.41) is 13.7. The highest BCUT2D eigenvalue weighted by atomic mass is 16.6. The van der Waals surface area contributed by atoms with Crippen LogP contribution in [0.2, 0.25) is 0 Å². The molecule has 2 aromatic rings. The molecule has 0 aliphatic heterocycles. The molecule has 0 radical (unpaired) electrons. The second kappa shape index (κ2) is 10.5. The zero-order chi connectivity index (χ0) is 25.1. The van der Waals surface area contributed by atoms with Crippen molar-refractivity contribution in [2.45, 2.75) is 77.0 Å². The number of hydrogen-bond acceptors (Lipinski definition) is 7. The third-order valence-corrected chi connectivity index (χ3v) is 7.25. The Morgan fingerprint density at radius 1 is 1.20 bits per heavy atom. The molecule has 190 valence electrons. The van der Waals surface area contributed by atoms with Crippen LogP contribution in [0.1, 0.15) is 62.8 Å². The molecule has 2 fully saturated rings. The van der Waals surface area contributed by atoms with Crippen LogP contribution in [0.15, 0.2) is 12.1 Å². The average Bonchev–Trinajstić information content (AvgIpc) is 3.46. The van der Waals surface area contributed by atoms with Gasteiger partial charge in [-0.3, -0.25) is 9.48 Å². The molecular formula is C25H35N5O5. The highest BCUT2D eigenvalue weighted by molar-refractivity contribution is 5.75. The Bertz CT molecular complexity index is 1080. The van der Waals surface area contributed by atoms with Gasteiger partial charge in [0.1, 0.15) is 12.4 Å². The predicted octanol–water partition coefficient (Wildman–Crippen LogP) is 3.91. The fourth-order valence-electron chi connectivity index (χ4n) is 5.17. The molecule has 4 rings (SSSR count). The number of anilines is 1. The van der Waals surface area contributed by atoms with E-state index < -0.39 is 5.97 Å². The Balaban J connectivity index is 1.47. The molecule has 3 N–H and O–H groups in total. The number of aliphatic carboxylic acids is 1. The molecule has 2 heterocycles. The van der Waals surface area contributed by atoms with Gasteiger partial charge in [0.05, 0.1) is 34.7 Å². The number of carboxylic acid groups (broad SMARTS) is 1. The van der Waals surface area contributed by atoms with Gasteiger partial charge in [-0.2, -0.15) is 5.10 Å². The van der Waals surface area contributed by atoms with Gasteiger partial charge in [-0.1, -0.05) is 12.8 Å². The minimum Gasteiger partial charge on any atom is -0.489 e. The van der Waals surface area contributed by atoms with E-state index in [1.807, 2.05) is 19.1 Å². The zero-order valence-electron chi connectivity index (χ0n) is 20.7. The molecule has 2 saturated carbocycles. The molecule has 2 aromatic heterocycles. The maximum Gasteiger partial charge on any atom is 0.410 e. The van der Waals surface area contributed by atoms with Gasteiger partial charge >= 0.3 is 12.1 Å². The number of carbonyl (C=O) groups is 2. The number of carboxylic acids is 1. The maximum absolute atomic E-state index is 12.6. The lowest BCUT2D eigenvalue weighted by atomic mass is 9.87. The van der Waals surface area contributed by atoms with E-state index in [-0.39, 0.29) is 30.8 Å². The van der Waals surface area contributed by atoms with Crippen LogP contribution in [-0.2, 0) is 23.2 Å². The van der Waals surface area contributed by atoms with Gasteiger partial charge in [-0.15, -0.1) is 0 Å². The molecule has 10 heteroatoms. The molecule has 0 aromatic carbocycles. The van der Waals surface area contributed by atoms with Crippen LogP contribution < -0.4 is 10.5 Å². The van der Waals surface area contributed by atoms with Gasteiger partial charge in [-0.25, -0.2) is 9.78 Å². The Hall–Kier alpha value is -3.30. The molecule has 0 saturated heterocycles. The lowest BCUT2D eigenvalue weighted by Crippen LogP contribution is -2.35. The lowest BCUT2D eigenvalue weighted by Gasteiger charge is -2.27. The minimum absolute atomic E-state index is 0.0313. The first-order valence-electron chi connectivity index (χ1n) is 12.3. The van der Waals surface area contributed by atoms with E-state index in [4.69, 9.17) is 20.2 Å². The number of amides is 1. The van der Waals surface area contributed by atoms with Gasteiger partial charge in [-0.05, 0) is 57.6 Å². The number of hydrogen-bond donors (Lipinski definition) is 2. The van der Waals surface area contributed by atoms with Crippen molar-refractivity contribution in [3.8, 4) is 17.0 Å². The van der Waals surface area contributed by atoms with Crippen LogP contribution in [0.4, 0.5) is 10.6 Å². The van der Waals surface area contributed by atoms with Gasteiger partial charge in [0.25, 0.3) is 0 Å². The van der Waals surface area contributed by atoms with Crippen molar-refractivity contribution in [2.24, 2.45) is 13.0 Å². The fourth-order valence-corrected chi connectivity index (χ4v) is 5.17. The first-order valence-corrected chi connectivity index (χ1v) is 12.3. The van der Waals surface area contributed by atoms with Crippen molar-refractivity contribution in [3.05, 3.63) is 23.5 Å². The quantitative estimate of drug-likeness (QED) is 0.603. The van der Waals surface area contributed by atoms with Crippen LogP contribution in [0, 0.1) is 12.8 Å². The largest absolute Gasteiger partial charge is 0.489 e. The second-order valence-corrected chi connectivity index (χ2v) is 9.66. The van der Waals surface area contributed by atoms with E-state index in [2.05, 4.69) is 5.10 Å². The number of aryl methyl sites for hydroxylation is 2. The van der Waals surface area contributed by atoms with Crippen molar-refractivity contribution in [1.82, 2.24) is 19.7 Å². The Morgan fingerprint density at radius 3 is 2.63 bits per heavy atom. The molecule has 0 bridgehead atoms. The summed E-state index contributed by atoms with van der Waals surface area (Å²) in [4.78, 5) is 30.3. The predicted molar refractivity (Wildman–Crippen MR) is 130 cm³/mol. The van der Waals surface area contributed by atoms with Crippen molar-refractivity contribution in [2.75, 3.05) is 12.8 Å². The van der Waals surface area contributed by atoms with E-state index in [1.165, 1.54) is 0 Å². The summed E-state index contributed by atoms with van der Waals surface area (Å²) < 4.78 is 13.4. The van der Waals surface area contributed by atoms with E-state index in [0.717, 1.165) is 38.5 Å². The number of ether oxygens (including phenoxy) is 2. The standard InChI is InChI=1S/C25H35N5O5/c1-15-21(35-18-10-6-7-16(13-18)24(31)32)12-11-19(27-15)22-20(30(3)28-23(22)26)14-34-25(33)29(2)17-8-4-5-9-17/h11-12,16-18H,4-10,13-14H2,1-3H3,(H2,26,28)(H,31,32)/t16-,18-/m0/s1. The summed E-state index contributed by atoms with van der Waals surface area (Å²) in [7, 11) is 3.54. The summed E-state index contributed by atoms with van der Waals surface area (Å²) in [6.45, 7) is 1.88. The van der Waals surface area contributed by atoms with E-state index in [1.54, 1.807) is 23.7 Å². The van der Waals surface area contributed by atoms with Gasteiger partial charge < -0.3 is 25.2 Å². The van der Waals surface area contributed by atoms with Crippen LogP contribution >= 0.6 is 0 Å². The minimum atomic E-state index is -0.766. The SMILES string of the molecule is Cc1nc(-c2c(N)nn(C)c2COC(=O)N(C)C2CCCC2)ccc1O[C@H]1CCC[C@H](C(=O)O)C1. The highest BCUT2D eigenvalue weighted by Crippen LogP contribution is 2.33. The Morgan fingerprint density at radius 2 is 1.94 bits per heavy atom. The van der Waals surface area contributed by atoms with Gasteiger partial charge in [0, 0.05) is 20.1 Å². The first-order chi connectivity index (χ1) is 16.7. The number of carbonyl (C=O) groups excluding carboxylic acids is 1. The van der Waals surface area contributed by atoms with Crippen molar-refractivity contribution < 1.29 is 24.2 Å². The van der Waals surface area contributed by atoms with Crippen LogP contribution in [-0.4, -0.2) is 56.0 Å². The molecule has 2 aliphatic carbocycles. The zero-order valence-corrected chi connectivity index (χ0v) is 20.7. The molecule has 0 unspecified atom stereocenters. The summed E-state index contributed by atoms with van der Waals surface area (Å²) in [5.74, 6) is -0.203. The van der Waals surface area contributed by atoms with Crippen molar-refractivity contribution in [3.63, 3.8) is 0 Å². The fraction of sp³-hybridized carbons (Fsp3) is 0.600. The molecule has 2 atom stereocenters. The molecular weight excluding hydrogens is 450 g/mol. The molecule has 1 amide bonds. The average molecular weight is 486 g/mol. The molecule has 35 heavy (non-hydrogen) atoms. The highest BCUT2D eigenvalue weighted by Gasteiger charge is 2.29. The topological polar surface area (TPSA) is 133 Å². The number of aromatic nitrogens is 3. The normalized spacial score (nSPS) is 20.5. The molecule has 10 nitrogen and oxygen atoms in total. The summed E-state index contributed by atoms with van der Waals surface area (Å²) >= 11 is 0. The van der Waals surface area contributed by atoms with Crippen LogP contribution in [0.3, 0.4) is 0 Å². The van der Waals surface area contributed by atoms with Gasteiger partial charge in [0.2, 0.25) is 0 Å². The monoisotopic (exact) mass is 485 g/mol. The molecule has 2 aliphatic rings. The second-order valence-electron chi connectivity index (χ2n) is 9.66. The number of pyridine rings is 1. The molecule has 0 spiro atoms. The summed E-state index contributed by atoms with van der Waals surface area (Å²) in [5.41, 5.74) is 8.79. The first kappa shape index (κ1) is 24.8. The third kappa shape index (κ3) is 5.52. The van der Waals surface area contributed by atoms with E-state index >= 15 is 0 Å². The smallest absolute Gasteiger partial charge is 0.410 e. The lowest BCUT2D eigenvalue weighted by molar-refractivity contribution is -0.143. The van der Waals surface area contributed by atoms with Crippen molar-refractivity contribution in [1.29, 1.82) is 0 Å². The van der Waals surface area contributed by atoms with Crippen LogP contribution in [0.25, 0.3) is 11.3 Å². The van der Waals surface area contributed by atoms with E-state index in [0.29, 0.717) is 47.1 Å². The van der Waals surface area contributed by atoms with Gasteiger partial charge in [0.15, 0.2) is 5.82 Å². The number of nitrogens with two attached hydrogens (primary N) is 1. The number of nitrogens with zero attached hydrogens (tertiary/aromatic N) is 4. The maximum atomic E-state index is 12.6. The summed E-state index contributed by atoms with van der Waals surface area (Å²) in [6, 6.07) is 3.87. The van der Waals surface area contributed by atoms with E-state index in [9.17, 15) is 14.7 Å². The summed E-state index contributed by atoms with van der Waals surface area (Å²) in [6.07, 6.45) is 6.62. The van der Waals surface area contributed by atoms with Crippen LogP contribution in [0.5, 0.6) is 5.75 Å². The Kier molecular flexibility index (Phi) is 7.47. The third-order valence-electron chi connectivity index (χ3n) is 7.25. The number of rotatable bonds is 7. The number of nitrogen functional groups attached to an aromatic ring is 1. The van der Waals surface area contributed by atoms with Crippen molar-refractivity contribution >= 4 is 17.9 Å². The Labute approximate surface area is 205 Å².